The van der Waals surface area contributed by atoms with Gasteiger partial charge in [0.05, 0.1) is 5.56 Å². The van der Waals surface area contributed by atoms with Gasteiger partial charge in [-0.25, -0.2) is 9.59 Å². The standard InChI is InChI=1S/C24H31NO4/c1-8-9-17-10-12-18(13-11-17)22(26)29-21-16(2)14-19(24(3,4)5)15-20(21)28-23(27)25(6)7/h10-15H,8-9H2,1-7H3. The SMILES string of the molecule is CCCc1ccc(C(=O)Oc2c(C)cc(C(C)(C)C)cc2OC(=O)N(C)C)cc1. The van der Waals surface area contributed by atoms with Crippen LogP contribution in [0.5, 0.6) is 11.5 Å². The monoisotopic (exact) mass is 397 g/mol. The Morgan fingerprint density at radius 1 is 1.00 bits per heavy atom. The minimum absolute atomic E-state index is 0.151. The summed E-state index contributed by atoms with van der Waals surface area (Å²) >= 11 is 0. The first-order chi connectivity index (χ1) is 13.5. The Bertz CT molecular complexity index is 877. The number of benzene rings is 2. The lowest BCUT2D eigenvalue weighted by Crippen LogP contribution is -2.26. The topological polar surface area (TPSA) is 55.8 Å². The summed E-state index contributed by atoms with van der Waals surface area (Å²) in [5, 5.41) is 0. The number of amides is 1. The molecule has 2 aromatic rings. The van der Waals surface area contributed by atoms with Gasteiger partial charge in [0, 0.05) is 14.1 Å². The zero-order valence-electron chi connectivity index (χ0n) is 18.5. The van der Waals surface area contributed by atoms with Crippen molar-refractivity contribution in [2.24, 2.45) is 0 Å². The number of nitrogens with zero attached hydrogens (tertiary/aromatic N) is 1. The fourth-order valence-corrected chi connectivity index (χ4v) is 2.81. The van der Waals surface area contributed by atoms with E-state index >= 15 is 0 Å². The second-order valence-corrected chi connectivity index (χ2v) is 8.47. The summed E-state index contributed by atoms with van der Waals surface area (Å²) in [6.45, 7) is 10.2. The van der Waals surface area contributed by atoms with Crippen LogP contribution in [0, 0.1) is 6.92 Å². The lowest BCUT2D eigenvalue weighted by Gasteiger charge is -2.23. The van der Waals surface area contributed by atoms with Gasteiger partial charge in [0.1, 0.15) is 0 Å². The van der Waals surface area contributed by atoms with Crippen molar-refractivity contribution in [1.82, 2.24) is 4.90 Å². The van der Waals surface area contributed by atoms with Crippen LogP contribution in [0.1, 0.15) is 61.2 Å². The Morgan fingerprint density at radius 2 is 1.62 bits per heavy atom. The molecule has 0 heterocycles. The summed E-state index contributed by atoms with van der Waals surface area (Å²) in [6.07, 6.45) is 1.48. The van der Waals surface area contributed by atoms with Gasteiger partial charge < -0.3 is 14.4 Å². The highest BCUT2D eigenvalue weighted by Crippen LogP contribution is 2.37. The summed E-state index contributed by atoms with van der Waals surface area (Å²) in [4.78, 5) is 26.2. The first-order valence-electron chi connectivity index (χ1n) is 9.88. The maximum Gasteiger partial charge on any atom is 0.414 e. The summed E-state index contributed by atoms with van der Waals surface area (Å²) in [5.74, 6) is 0.0159. The molecule has 0 fully saturated rings. The predicted octanol–water partition coefficient (Wildman–Crippen LogP) is 5.52. The normalized spacial score (nSPS) is 11.1. The molecule has 0 N–H and O–H groups in total. The molecule has 0 bridgehead atoms. The molecule has 29 heavy (non-hydrogen) atoms. The second kappa shape index (κ2) is 9.12. The number of hydrogen-bond acceptors (Lipinski definition) is 4. The smallest absolute Gasteiger partial charge is 0.414 e. The fourth-order valence-electron chi connectivity index (χ4n) is 2.81. The lowest BCUT2D eigenvalue weighted by molar-refractivity contribution is 0.0726. The maximum atomic E-state index is 12.7. The highest BCUT2D eigenvalue weighted by Gasteiger charge is 2.23. The van der Waals surface area contributed by atoms with Gasteiger partial charge in [-0.05, 0) is 53.6 Å². The largest absolute Gasteiger partial charge is 0.419 e. The molecule has 5 nitrogen and oxygen atoms in total. The summed E-state index contributed by atoms with van der Waals surface area (Å²) in [7, 11) is 3.21. The Kier molecular flexibility index (Phi) is 7.07. The number of hydrogen-bond donors (Lipinski definition) is 0. The molecule has 0 spiro atoms. The minimum Gasteiger partial charge on any atom is -0.419 e. The first kappa shape index (κ1) is 22.5. The van der Waals surface area contributed by atoms with Crippen molar-refractivity contribution in [1.29, 1.82) is 0 Å². The van der Waals surface area contributed by atoms with Crippen LogP contribution < -0.4 is 9.47 Å². The molecule has 156 valence electrons. The van der Waals surface area contributed by atoms with E-state index in [1.54, 1.807) is 32.3 Å². The molecule has 2 rings (SSSR count). The number of rotatable bonds is 5. The molecule has 0 aliphatic rings. The average molecular weight is 398 g/mol. The highest BCUT2D eigenvalue weighted by molar-refractivity contribution is 5.91. The molecule has 0 atom stereocenters. The fraction of sp³-hybridized carbons (Fsp3) is 0.417. The van der Waals surface area contributed by atoms with Gasteiger partial charge in [-0.15, -0.1) is 0 Å². The van der Waals surface area contributed by atoms with Gasteiger partial charge in [0.15, 0.2) is 11.5 Å². The van der Waals surface area contributed by atoms with E-state index in [1.807, 2.05) is 25.1 Å². The van der Waals surface area contributed by atoms with Crippen LogP contribution in [0.25, 0.3) is 0 Å². The number of ether oxygens (including phenoxy) is 2. The van der Waals surface area contributed by atoms with Crippen molar-refractivity contribution in [3.8, 4) is 11.5 Å². The molecule has 2 aromatic carbocycles. The van der Waals surface area contributed by atoms with Gasteiger partial charge >= 0.3 is 12.1 Å². The molecule has 0 saturated carbocycles. The summed E-state index contributed by atoms with van der Waals surface area (Å²) in [5.41, 5.74) is 3.20. The predicted molar refractivity (Wildman–Crippen MR) is 115 cm³/mol. The number of esters is 1. The van der Waals surface area contributed by atoms with E-state index in [9.17, 15) is 9.59 Å². The van der Waals surface area contributed by atoms with Crippen molar-refractivity contribution in [2.45, 2.75) is 52.9 Å². The van der Waals surface area contributed by atoms with E-state index in [2.05, 4.69) is 27.7 Å². The number of carbonyl (C=O) groups excluding carboxylic acids is 2. The number of carbonyl (C=O) groups is 2. The van der Waals surface area contributed by atoms with E-state index in [4.69, 9.17) is 9.47 Å². The van der Waals surface area contributed by atoms with Crippen LogP contribution in [-0.2, 0) is 11.8 Å². The zero-order valence-corrected chi connectivity index (χ0v) is 18.5. The van der Waals surface area contributed by atoms with Crippen LogP contribution >= 0.6 is 0 Å². The van der Waals surface area contributed by atoms with Gasteiger partial charge in [-0.3, -0.25) is 0 Å². The third kappa shape index (κ3) is 5.83. The third-order valence-electron chi connectivity index (χ3n) is 4.59. The van der Waals surface area contributed by atoms with Crippen LogP contribution in [0.3, 0.4) is 0 Å². The molecule has 1 amide bonds. The van der Waals surface area contributed by atoms with Gasteiger partial charge in [0.25, 0.3) is 0 Å². The first-order valence-corrected chi connectivity index (χ1v) is 9.88. The molecule has 0 aromatic heterocycles. The van der Waals surface area contributed by atoms with Gasteiger partial charge in [-0.1, -0.05) is 52.3 Å². The van der Waals surface area contributed by atoms with Crippen molar-refractivity contribution in [3.05, 3.63) is 58.7 Å². The Labute approximate surface area is 173 Å². The zero-order chi connectivity index (χ0) is 21.8. The Hall–Kier alpha value is -2.82. The molecule has 0 aliphatic heterocycles. The van der Waals surface area contributed by atoms with Gasteiger partial charge in [-0.2, -0.15) is 0 Å². The quantitative estimate of drug-likeness (QED) is 0.492. The van der Waals surface area contributed by atoms with E-state index < -0.39 is 12.1 Å². The van der Waals surface area contributed by atoms with Crippen LogP contribution in [0.4, 0.5) is 4.79 Å². The molecular formula is C24H31NO4. The summed E-state index contributed by atoms with van der Waals surface area (Å²) < 4.78 is 11.2. The van der Waals surface area contributed by atoms with E-state index in [-0.39, 0.29) is 16.9 Å². The van der Waals surface area contributed by atoms with Crippen molar-refractivity contribution >= 4 is 12.1 Å². The van der Waals surface area contributed by atoms with Crippen molar-refractivity contribution in [2.75, 3.05) is 14.1 Å². The van der Waals surface area contributed by atoms with E-state index in [0.717, 1.165) is 24.0 Å². The second-order valence-electron chi connectivity index (χ2n) is 8.47. The maximum absolute atomic E-state index is 12.7. The molecule has 0 radical (unpaired) electrons. The Morgan fingerprint density at radius 3 is 2.14 bits per heavy atom. The third-order valence-corrected chi connectivity index (χ3v) is 4.59. The minimum atomic E-state index is -0.531. The van der Waals surface area contributed by atoms with E-state index in [1.165, 1.54) is 10.5 Å². The lowest BCUT2D eigenvalue weighted by atomic mass is 9.86. The molecule has 5 heteroatoms. The highest BCUT2D eigenvalue weighted by atomic mass is 16.6. The Balaban J connectivity index is 2.39. The number of aryl methyl sites for hydroxylation is 2. The van der Waals surface area contributed by atoms with Crippen LogP contribution in [-0.4, -0.2) is 31.1 Å². The van der Waals surface area contributed by atoms with Crippen LogP contribution in [0.15, 0.2) is 36.4 Å². The van der Waals surface area contributed by atoms with Crippen molar-refractivity contribution < 1.29 is 19.1 Å². The average Bonchev–Trinajstić information content (AvgIpc) is 2.64. The van der Waals surface area contributed by atoms with Crippen molar-refractivity contribution in [3.63, 3.8) is 0 Å². The molecule has 0 aliphatic carbocycles. The molecule has 0 unspecified atom stereocenters. The summed E-state index contributed by atoms with van der Waals surface area (Å²) in [6, 6.07) is 11.1. The van der Waals surface area contributed by atoms with Crippen LogP contribution in [0.2, 0.25) is 0 Å². The van der Waals surface area contributed by atoms with Gasteiger partial charge in [0.2, 0.25) is 0 Å². The van der Waals surface area contributed by atoms with E-state index in [0.29, 0.717) is 5.56 Å². The molecular weight excluding hydrogens is 366 g/mol. The molecule has 0 saturated heterocycles.